The van der Waals surface area contributed by atoms with Crippen LogP contribution in [-0.4, -0.2) is 39.8 Å². The second-order valence-corrected chi connectivity index (χ2v) is 8.33. The lowest BCUT2D eigenvalue weighted by molar-refractivity contribution is 0.600. The first kappa shape index (κ1) is 12.0. The van der Waals surface area contributed by atoms with Gasteiger partial charge in [-0.15, -0.1) is 0 Å². The molecule has 14 heavy (non-hydrogen) atoms. The largest absolute Gasteiger partial charge is 0.229 e. The van der Waals surface area contributed by atoms with Gasteiger partial charge in [0.1, 0.15) is 19.7 Å². The molecule has 0 amide bonds. The van der Waals surface area contributed by atoms with Gasteiger partial charge in [0.2, 0.25) is 0 Å². The highest BCUT2D eigenvalue weighted by molar-refractivity contribution is 7.91. The van der Waals surface area contributed by atoms with Gasteiger partial charge in [-0.1, -0.05) is 0 Å². The molecule has 2 fully saturated rings. The zero-order chi connectivity index (χ0) is 10.7. The number of hydrogen-bond acceptors (Lipinski definition) is 4. The normalized spacial score (nSPS) is 28.0. The van der Waals surface area contributed by atoms with E-state index in [9.17, 15) is 16.8 Å². The van der Waals surface area contributed by atoms with Crippen LogP contribution in [0.1, 0.15) is 25.7 Å². The lowest BCUT2D eigenvalue weighted by Crippen LogP contribution is -1.98. The van der Waals surface area contributed by atoms with Crippen molar-refractivity contribution in [3.8, 4) is 0 Å². The van der Waals surface area contributed by atoms with Crippen molar-refractivity contribution < 1.29 is 16.8 Å². The molecule has 0 radical (unpaired) electrons. The minimum Gasteiger partial charge on any atom is -0.229 e. The second-order valence-electron chi connectivity index (χ2n) is 3.72. The van der Waals surface area contributed by atoms with Gasteiger partial charge < -0.3 is 0 Å². The van der Waals surface area contributed by atoms with E-state index in [1.54, 1.807) is 0 Å². The zero-order valence-corrected chi connectivity index (χ0v) is 9.74. The Morgan fingerprint density at radius 1 is 0.500 bits per heavy atom. The highest BCUT2D eigenvalue weighted by Crippen LogP contribution is 2.08. The first-order chi connectivity index (χ1) is 6.41. The minimum absolute atomic E-state index is 0.424. The summed E-state index contributed by atoms with van der Waals surface area (Å²) in [5.74, 6) is 1.69. The Morgan fingerprint density at radius 2 is 0.714 bits per heavy atom. The maximum Gasteiger partial charge on any atom is 0.150 e. The Morgan fingerprint density at radius 3 is 0.786 bits per heavy atom. The van der Waals surface area contributed by atoms with E-state index in [-0.39, 0.29) is 0 Å². The van der Waals surface area contributed by atoms with Crippen molar-refractivity contribution in [2.75, 3.05) is 23.0 Å². The van der Waals surface area contributed by atoms with Gasteiger partial charge in [-0.25, -0.2) is 16.8 Å². The molecule has 0 N–H and O–H groups in total. The molecule has 0 aromatic carbocycles. The fraction of sp³-hybridized carbons (Fsp3) is 1.00. The molecule has 0 saturated carbocycles. The van der Waals surface area contributed by atoms with Crippen LogP contribution in [0.2, 0.25) is 0 Å². The minimum atomic E-state index is -2.55. The van der Waals surface area contributed by atoms with Crippen molar-refractivity contribution in [3.05, 3.63) is 0 Å². The van der Waals surface area contributed by atoms with Crippen molar-refractivity contribution in [2.45, 2.75) is 25.7 Å². The van der Waals surface area contributed by atoms with Crippen LogP contribution in [0.3, 0.4) is 0 Å². The molecule has 2 aliphatic rings. The SMILES string of the molecule is O=S1(=O)CCCC1.O=S1(=O)CCCC1. The van der Waals surface area contributed by atoms with E-state index in [0.29, 0.717) is 23.0 Å². The van der Waals surface area contributed by atoms with E-state index >= 15 is 0 Å². The monoisotopic (exact) mass is 240 g/mol. The molecule has 2 aliphatic heterocycles. The molecule has 0 bridgehead atoms. The Kier molecular flexibility index (Phi) is 3.94. The highest BCUT2D eigenvalue weighted by Gasteiger charge is 2.16. The summed E-state index contributed by atoms with van der Waals surface area (Å²) in [6.07, 6.45) is 3.51. The average Bonchev–Trinajstić information content (AvgIpc) is 2.60. The predicted molar refractivity (Wildman–Crippen MR) is 55.8 cm³/mol. The molecule has 0 spiro atoms. The summed E-state index contributed by atoms with van der Waals surface area (Å²) in [6.45, 7) is 0. The Hall–Kier alpha value is -0.100. The standard InChI is InChI=1S/2C4H8O2S/c2*5-7(6)3-1-2-4-7/h2*1-4H2. The first-order valence-corrected chi connectivity index (χ1v) is 8.46. The number of hydrogen-bond donors (Lipinski definition) is 0. The summed E-state index contributed by atoms with van der Waals surface area (Å²) in [7, 11) is -5.09. The zero-order valence-electron chi connectivity index (χ0n) is 8.11. The van der Waals surface area contributed by atoms with Crippen molar-refractivity contribution in [1.29, 1.82) is 0 Å². The summed E-state index contributed by atoms with van der Waals surface area (Å²) in [6, 6.07) is 0. The summed E-state index contributed by atoms with van der Waals surface area (Å²) in [5.41, 5.74) is 0. The molecule has 0 unspecified atom stereocenters. The fourth-order valence-corrected chi connectivity index (χ4v) is 4.48. The molecular weight excluding hydrogens is 224 g/mol. The second kappa shape index (κ2) is 4.61. The Bertz CT molecular complexity index is 304. The Balaban J connectivity index is 0.000000140. The van der Waals surface area contributed by atoms with Crippen LogP contribution in [0.4, 0.5) is 0 Å². The summed E-state index contributed by atoms with van der Waals surface area (Å²) in [5, 5.41) is 0. The average molecular weight is 240 g/mol. The van der Waals surface area contributed by atoms with Gasteiger partial charge >= 0.3 is 0 Å². The fourth-order valence-electron chi connectivity index (χ4n) is 1.49. The van der Waals surface area contributed by atoms with E-state index in [1.165, 1.54) is 0 Å². The predicted octanol–water partition coefficient (Wildman–Crippen LogP) is 0.390. The van der Waals surface area contributed by atoms with E-state index in [1.807, 2.05) is 0 Å². The third kappa shape index (κ3) is 4.41. The van der Waals surface area contributed by atoms with Crippen LogP contribution in [-0.2, 0) is 19.7 Å². The molecule has 6 heteroatoms. The molecular formula is C8H16O4S2. The van der Waals surface area contributed by atoms with E-state index in [4.69, 9.17) is 0 Å². The quantitative estimate of drug-likeness (QED) is 0.614. The molecule has 0 atom stereocenters. The molecule has 0 aliphatic carbocycles. The van der Waals surface area contributed by atoms with Gasteiger partial charge in [0, 0.05) is 0 Å². The Labute approximate surface area is 85.5 Å². The number of rotatable bonds is 0. The van der Waals surface area contributed by atoms with Crippen molar-refractivity contribution in [3.63, 3.8) is 0 Å². The summed E-state index contributed by atoms with van der Waals surface area (Å²) in [4.78, 5) is 0. The first-order valence-electron chi connectivity index (χ1n) is 4.82. The molecule has 2 heterocycles. The third-order valence-corrected chi connectivity index (χ3v) is 5.96. The van der Waals surface area contributed by atoms with E-state index < -0.39 is 19.7 Å². The van der Waals surface area contributed by atoms with Crippen LogP contribution in [0, 0.1) is 0 Å². The van der Waals surface area contributed by atoms with Gasteiger partial charge in [-0.2, -0.15) is 0 Å². The number of sulfone groups is 2. The van der Waals surface area contributed by atoms with Gasteiger partial charge in [0.25, 0.3) is 0 Å². The molecule has 84 valence electrons. The van der Waals surface area contributed by atoms with Gasteiger partial charge in [0.05, 0.1) is 23.0 Å². The van der Waals surface area contributed by atoms with Crippen molar-refractivity contribution in [2.24, 2.45) is 0 Å². The van der Waals surface area contributed by atoms with Crippen LogP contribution < -0.4 is 0 Å². The lowest BCUT2D eigenvalue weighted by atomic mass is 10.4. The maximum absolute atomic E-state index is 10.4. The van der Waals surface area contributed by atoms with Gasteiger partial charge in [-0.3, -0.25) is 0 Å². The van der Waals surface area contributed by atoms with Crippen LogP contribution >= 0.6 is 0 Å². The third-order valence-electron chi connectivity index (χ3n) is 2.32. The van der Waals surface area contributed by atoms with E-state index in [0.717, 1.165) is 25.7 Å². The van der Waals surface area contributed by atoms with Gasteiger partial charge in [-0.05, 0) is 25.7 Å². The molecule has 4 nitrogen and oxygen atoms in total. The van der Waals surface area contributed by atoms with Crippen LogP contribution in [0.5, 0.6) is 0 Å². The maximum atomic E-state index is 10.4. The smallest absolute Gasteiger partial charge is 0.150 e. The van der Waals surface area contributed by atoms with Crippen LogP contribution in [0.15, 0.2) is 0 Å². The van der Waals surface area contributed by atoms with Crippen molar-refractivity contribution >= 4 is 19.7 Å². The summed E-state index contributed by atoms with van der Waals surface area (Å²) < 4.78 is 41.7. The molecule has 0 aromatic heterocycles. The van der Waals surface area contributed by atoms with Crippen molar-refractivity contribution in [1.82, 2.24) is 0 Å². The molecule has 0 aromatic rings. The molecule has 2 rings (SSSR count). The van der Waals surface area contributed by atoms with Gasteiger partial charge in [0.15, 0.2) is 0 Å². The highest BCUT2D eigenvalue weighted by atomic mass is 32.2. The van der Waals surface area contributed by atoms with E-state index in [2.05, 4.69) is 0 Å². The summed E-state index contributed by atoms with van der Waals surface area (Å²) >= 11 is 0. The van der Waals surface area contributed by atoms with Crippen LogP contribution in [0.25, 0.3) is 0 Å². The lowest BCUT2D eigenvalue weighted by Gasteiger charge is -1.81. The molecule has 2 saturated heterocycles. The topological polar surface area (TPSA) is 68.3 Å².